The number of nitrogens with two attached hydrogens (primary N) is 1. The fourth-order valence-electron chi connectivity index (χ4n) is 2.07. The van der Waals surface area contributed by atoms with Crippen LogP contribution in [0.3, 0.4) is 0 Å². The molecule has 0 aromatic heterocycles. The van der Waals surface area contributed by atoms with Crippen molar-refractivity contribution in [1.82, 2.24) is 9.80 Å². The van der Waals surface area contributed by atoms with E-state index in [1.165, 1.54) is 11.1 Å². The number of halogens is 1. The Balaban J connectivity index is 2.81. The monoisotopic (exact) mass is 269 g/mol. The molecule has 1 atom stereocenters. The van der Waals surface area contributed by atoms with E-state index in [1.807, 2.05) is 12.1 Å². The molecule has 0 aliphatic rings. The number of aryl methyl sites for hydroxylation is 1. The van der Waals surface area contributed by atoms with Crippen molar-refractivity contribution in [2.75, 3.05) is 40.8 Å². The van der Waals surface area contributed by atoms with Gasteiger partial charge in [0, 0.05) is 30.7 Å². The third-order valence-corrected chi connectivity index (χ3v) is 3.48. The third kappa shape index (κ3) is 4.25. The zero-order chi connectivity index (χ0) is 13.7. The lowest BCUT2D eigenvalue weighted by Crippen LogP contribution is -2.35. The number of hydrogen-bond acceptors (Lipinski definition) is 3. The lowest BCUT2D eigenvalue weighted by molar-refractivity contribution is 0.222. The smallest absolute Gasteiger partial charge is 0.0470 e. The maximum absolute atomic E-state index is 6.00. The van der Waals surface area contributed by atoms with Gasteiger partial charge in [-0.05, 0) is 51.3 Å². The number of likely N-dealkylation sites (N-methyl/N-ethyl adjacent to an activating group) is 2. The molecule has 0 saturated carbocycles. The van der Waals surface area contributed by atoms with Crippen molar-refractivity contribution in [3.05, 3.63) is 34.3 Å². The van der Waals surface area contributed by atoms with E-state index in [0.717, 1.165) is 18.1 Å². The first-order chi connectivity index (χ1) is 8.45. The zero-order valence-corrected chi connectivity index (χ0v) is 12.5. The average molecular weight is 270 g/mol. The highest BCUT2D eigenvalue weighted by molar-refractivity contribution is 6.30. The van der Waals surface area contributed by atoms with E-state index in [1.54, 1.807) is 0 Å². The highest BCUT2D eigenvalue weighted by Crippen LogP contribution is 2.24. The van der Waals surface area contributed by atoms with E-state index in [2.05, 4.69) is 43.9 Å². The highest BCUT2D eigenvalue weighted by atomic mass is 35.5. The normalized spacial score (nSPS) is 13.3. The van der Waals surface area contributed by atoms with Crippen LogP contribution in [0.4, 0.5) is 0 Å². The first kappa shape index (κ1) is 15.4. The molecule has 2 N–H and O–H groups in total. The molecule has 0 bridgehead atoms. The fourth-order valence-corrected chi connectivity index (χ4v) is 2.30. The summed E-state index contributed by atoms with van der Waals surface area (Å²) in [4.78, 5) is 4.48. The third-order valence-electron chi connectivity index (χ3n) is 3.25. The van der Waals surface area contributed by atoms with Gasteiger partial charge in [-0.1, -0.05) is 17.7 Å². The van der Waals surface area contributed by atoms with Gasteiger partial charge in [0.2, 0.25) is 0 Å². The van der Waals surface area contributed by atoms with E-state index < -0.39 is 0 Å². The molecule has 1 unspecified atom stereocenters. The molecule has 0 fully saturated rings. The molecule has 1 rings (SSSR count). The minimum atomic E-state index is 0.252. The van der Waals surface area contributed by atoms with Crippen LogP contribution in [0.2, 0.25) is 5.02 Å². The average Bonchev–Trinajstić information content (AvgIpc) is 2.30. The first-order valence-electron chi connectivity index (χ1n) is 6.26. The molecular weight excluding hydrogens is 246 g/mol. The van der Waals surface area contributed by atoms with Crippen LogP contribution in [0.15, 0.2) is 18.2 Å². The Morgan fingerprint density at radius 3 is 2.39 bits per heavy atom. The quantitative estimate of drug-likeness (QED) is 0.859. The first-order valence-corrected chi connectivity index (χ1v) is 6.64. The largest absolute Gasteiger partial charge is 0.329 e. The van der Waals surface area contributed by atoms with Gasteiger partial charge in [-0.2, -0.15) is 0 Å². The molecule has 0 heterocycles. The molecule has 1 aromatic rings. The van der Waals surface area contributed by atoms with Gasteiger partial charge in [-0.15, -0.1) is 0 Å². The van der Waals surface area contributed by atoms with Crippen LogP contribution >= 0.6 is 11.6 Å². The molecule has 4 heteroatoms. The Morgan fingerprint density at radius 2 is 1.89 bits per heavy atom. The van der Waals surface area contributed by atoms with Crippen LogP contribution < -0.4 is 5.73 Å². The second-order valence-electron chi connectivity index (χ2n) is 5.04. The second-order valence-corrected chi connectivity index (χ2v) is 5.47. The van der Waals surface area contributed by atoms with Crippen LogP contribution in [0, 0.1) is 6.92 Å². The summed E-state index contributed by atoms with van der Waals surface area (Å²) >= 11 is 6.00. The molecule has 0 spiro atoms. The Kier molecular flexibility index (Phi) is 6.09. The van der Waals surface area contributed by atoms with Crippen molar-refractivity contribution in [3.63, 3.8) is 0 Å². The van der Waals surface area contributed by atoms with E-state index >= 15 is 0 Å². The Morgan fingerprint density at radius 1 is 1.22 bits per heavy atom. The SMILES string of the molecule is Cc1cc(Cl)ccc1C(CN)N(C)CCN(C)C. The van der Waals surface area contributed by atoms with Crippen LogP contribution in [0.5, 0.6) is 0 Å². The summed E-state index contributed by atoms with van der Waals surface area (Å²) in [5, 5.41) is 0.781. The van der Waals surface area contributed by atoms with E-state index in [9.17, 15) is 0 Å². The highest BCUT2D eigenvalue weighted by Gasteiger charge is 2.17. The minimum Gasteiger partial charge on any atom is -0.329 e. The van der Waals surface area contributed by atoms with Crippen LogP contribution in [-0.4, -0.2) is 50.6 Å². The van der Waals surface area contributed by atoms with Crippen molar-refractivity contribution in [2.24, 2.45) is 5.73 Å². The van der Waals surface area contributed by atoms with Crippen molar-refractivity contribution < 1.29 is 0 Å². The Hall–Kier alpha value is -0.610. The number of benzene rings is 1. The van der Waals surface area contributed by atoms with Gasteiger partial charge in [-0.25, -0.2) is 0 Å². The summed E-state index contributed by atoms with van der Waals surface area (Å²) in [6.45, 7) is 4.73. The molecule has 102 valence electrons. The maximum Gasteiger partial charge on any atom is 0.0470 e. The van der Waals surface area contributed by atoms with Gasteiger partial charge in [0.1, 0.15) is 0 Å². The lowest BCUT2D eigenvalue weighted by atomic mass is 10.0. The Bertz CT molecular complexity index is 379. The summed E-state index contributed by atoms with van der Waals surface area (Å²) in [6, 6.07) is 6.27. The van der Waals surface area contributed by atoms with Crippen molar-refractivity contribution in [1.29, 1.82) is 0 Å². The van der Waals surface area contributed by atoms with E-state index in [4.69, 9.17) is 17.3 Å². The summed E-state index contributed by atoms with van der Waals surface area (Å²) in [7, 11) is 6.28. The predicted molar refractivity (Wildman–Crippen MR) is 79.2 cm³/mol. The van der Waals surface area contributed by atoms with Crippen LogP contribution in [-0.2, 0) is 0 Å². The van der Waals surface area contributed by atoms with Crippen molar-refractivity contribution in [3.8, 4) is 0 Å². The van der Waals surface area contributed by atoms with Crippen molar-refractivity contribution >= 4 is 11.6 Å². The van der Waals surface area contributed by atoms with Gasteiger partial charge >= 0.3 is 0 Å². The molecule has 0 aliphatic carbocycles. The summed E-state index contributed by atoms with van der Waals surface area (Å²) in [5.74, 6) is 0. The molecule has 3 nitrogen and oxygen atoms in total. The number of nitrogens with zero attached hydrogens (tertiary/aromatic N) is 2. The topological polar surface area (TPSA) is 32.5 Å². The van der Waals surface area contributed by atoms with Crippen LogP contribution in [0.25, 0.3) is 0 Å². The molecule has 18 heavy (non-hydrogen) atoms. The Labute approximate surface area is 116 Å². The summed E-state index contributed by atoms with van der Waals surface area (Å²) in [6.07, 6.45) is 0. The fraction of sp³-hybridized carbons (Fsp3) is 0.571. The van der Waals surface area contributed by atoms with E-state index in [0.29, 0.717) is 6.54 Å². The standard InChI is InChI=1S/C14H24ClN3/c1-11-9-12(15)5-6-13(11)14(10-16)18(4)8-7-17(2)3/h5-6,9,14H,7-8,10,16H2,1-4H3. The van der Waals surface area contributed by atoms with Gasteiger partial charge in [0.25, 0.3) is 0 Å². The molecule has 1 aromatic carbocycles. The second kappa shape index (κ2) is 7.10. The predicted octanol–water partition coefficient (Wildman–Crippen LogP) is 2.14. The van der Waals surface area contributed by atoms with E-state index in [-0.39, 0.29) is 6.04 Å². The van der Waals surface area contributed by atoms with Gasteiger partial charge < -0.3 is 10.6 Å². The molecule has 0 radical (unpaired) electrons. The lowest BCUT2D eigenvalue weighted by Gasteiger charge is -2.29. The number of hydrogen-bond donors (Lipinski definition) is 1. The maximum atomic E-state index is 6.00. The zero-order valence-electron chi connectivity index (χ0n) is 11.8. The van der Waals surface area contributed by atoms with Crippen molar-refractivity contribution in [2.45, 2.75) is 13.0 Å². The van der Waals surface area contributed by atoms with Crippen LogP contribution in [0.1, 0.15) is 17.2 Å². The molecular formula is C14H24ClN3. The molecule has 0 aliphatic heterocycles. The molecule has 0 saturated heterocycles. The van der Waals surface area contributed by atoms with Gasteiger partial charge in [-0.3, -0.25) is 4.90 Å². The molecule has 0 amide bonds. The van der Waals surface area contributed by atoms with Gasteiger partial charge in [0.15, 0.2) is 0 Å². The van der Waals surface area contributed by atoms with Gasteiger partial charge in [0.05, 0.1) is 0 Å². The summed E-state index contributed by atoms with van der Waals surface area (Å²) < 4.78 is 0. The number of rotatable bonds is 6. The summed E-state index contributed by atoms with van der Waals surface area (Å²) in [5.41, 5.74) is 8.40. The minimum absolute atomic E-state index is 0.252.